The number of benzene rings is 2. The van der Waals surface area contributed by atoms with E-state index in [4.69, 9.17) is 10.1 Å². The van der Waals surface area contributed by atoms with Gasteiger partial charge in [0.05, 0.1) is 11.1 Å². The highest BCUT2D eigenvalue weighted by Gasteiger charge is 2.10. The van der Waals surface area contributed by atoms with Crippen LogP contribution in [0.5, 0.6) is 0 Å². The van der Waals surface area contributed by atoms with Crippen molar-refractivity contribution in [2.24, 2.45) is 0 Å². The zero-order valence-electron chi connectivity index (χ0n) is 17.5. The summed E-state index contributed by atoms with van der Waals surface area (Å²) in [6.45, 7) is 0.0615. The number of hydrogen-bond donors (Lipinski definition) is 2. The van der Waals surface area contributed by atoms with E-state index in [-0.39, 0.29) is 12.0 Å². The van der Waals surface area contributed by atoms with Crippen molar-refractivity contribution in [2.75, 3.05) is 7.05 Å². The molecule has 1 aromatic heterocycles. The topological polar surface area (TPSA) is 92.1 Å². The monoisotopic (exact) mass is 423 g/mol. The van der Waals surface area contributed by atoms with Gasteiger partial charge in [-0.1, -0.05) is 36.4 Å². The molecule has 4 aromatic rings. The van der Waals surface area contributed by atoms with Crippen molar-refractivity contribution in [1.29, 1.82) is 5.41 Å². The molecule has 0 aliphatic heterocycles. The molecular weight excluding hydrogens is 402 g/mol. The molecule has 32 heavy (non-hydrogen) atoms. The van der Waals surface area contributed by atoms with E-state index >= 15 is 0 Å². The lowest BCUT2D eigenvalue weighted by atomic mass is 10.1. The lowest BCUT2D eigenvalue weighted by molar-refractivity contribution is 0.0473. The quantitative estimate of drug-likeness (QED) is 0.356. The molecule has 0 aliphatic carbocycles. The van der Waals surface area contributed by atoms with E-state index in [0.717, 1.165) is 10.9 Å². The molecule has 0 saturated carbocycles. The Hall–Kier alpha value is -4.32. The van der Waals surface area contributed by atoms with Gasteiger partial charge in [-0.3, -0.25) is 9.78 Å². The fourth-order valence-corrected chi connectivity index (χ4v) is 3.47. The molecule has 0 fully saturated rings. The number of aromatic nitrogens is 1. The maximum absolute atomic E-state index is 13.4. The summed E-state index contributed by atoms with van der Waals surface area (Å²) in [6, 6.07) is 19.6. The Labute approximate surface area is 184 Å². The van der Waals surface area contributed by atoms with Gasteiger partial charge in [-0.05, 0) is 41.3 Å². The van der Waals surface area contributed by atoms with E-state index in [9.17, 15) is 9.59 Å². The molecule has 3 aromatic carbocycles. The first-order chi connectivity index (χ1) is 15.6. The third-order valence-corrected chi connectivity index (χ3v) is 5.11. The SMILES string of the molecule is CN/C=C(\C=N)c1cnc2ccc3ccc(COC(=O)c4ccccc4)cc3c(=O)c2c1. The molecule has 0 radical (unpaired) electrons. The summed E-state index contributed by atoms with van der Waals surface area (Å²) < 4.78 is 5.41. The number of carbonyl (C=O) groups is 1. The van der Waals surface area contributed by atoms with Crippen LogP contribution in [-0.4, -0.2) is 24.2 Å². The largest absolute Gasteiger partial charge is 0.457 e. The second-order valence-electron chi connectivity index (χ2n) is 7.22. The number of fused-ring (bicyclic) bond motifs is 2. The minimum Gasteiger partial charge on any atom is -0.457 e. The number of rotatable bonds is 6. The van der Waals surface area contributed by atoms with Crippen molar-refractivity contribution in [3.63, 3.8) is 0 Å². The molecule has 0 spiro atoms. The molecule has 0 amide bonds. The summed E-state index contributed by atoms with van der Waals surface area (Å²) in [4.78, 5) is 30.0. The zero-order chi connectivity index (χ0) is 22.5. The van der Waals surface area contributed by atoms with Crippen LogP contribution in [0, 0.1) is 5.41 Å². The Kier molecular flexibility index (Phi) is 6.03. The molecule has 0 bridgehead atoms. The van der Waals surface area contributed by atoms with E-state index in [1.54, 1.807) is 55.8 Å². The number of ether oxygens (including phenoxy) is 1. The first-order valence-electron chi connectivity index (χ1n) is 10.1. The Bertz CT molecular complexity index is 1410. The number of allylic oxidation sites excluding steroid dienone is 1. The van der Waals surface area contributed by atoms with Crippen LogP contribution < -0.4 is 10.7 Å². The van der Waals surface area contributed by atoms with Gasteiger partial charge in [0.25, 0.3) is 0 Å². The number of nitrogens with one attached hydrogen (secondary N) is 2. The van der Waals surface area contributed by atoms with Gasteiger partial charge in [-0.2, -0.15) is 0 Å². The Balaban J connectivity index is 1.74. The molecular formula is C26H21N3O3. The van der Waals surface area contributed by atoms with E-state index in [1.165, 1.54) is 6.21 Å². The molecule has 0 aliphatic rings. The second-order valence-corrected chi connectivity index (χ2v) is 7.22. The first-order valence-corrected chi connectivity index (χ1v) is 10.1. The van der Waals surface area contributed by atoms with Crippen LogP contribution in [0.2, 0.25) is 0 Å². The third kappa shape index (κ3) is 4.25. The molecule has 6 nitrogen and oxygen atoms in total. The van der Waals surface area contributed by atoms with Gasteiger partial charge < -0.3 is 15.5 Å². The molecule has 0 unspecified atom stereocenters. The van der Waals surface area contributed by atoms with Crippen molar-refractivity contribution < 1.29 is 9.53 Å². The number of pyridine rings is 1. The molecule has 158 valence electrons. The van der Waals surface area contributed by atoms with Gasteiger partial charge in [-0.25, -0.2) is 4.79 Å². The summed E-state index contributed by atoms with van der Waals surface area (Å²) in [5.74, 6) is -0.415. The predicted octanol–water partition coefficient (Wildman–Crippen LogP) is 4.32. The zero-order valence-corrected chi connectivity index (χ0v) is 17.5. The first kappa shape index (κ1) is 20.9. The standard InChI is InChI=1S/C26H21N3O3/c1-28-14-21(13-27)20-12-23-24(29-15-20)10-9-18-8-7-17(11-22(18)25(23)30)16-32-26(31)19-5-3-2-4-6-19/h2-15,27-28H,16H2,1H3/b21-14+,27-13?. The van der Waals surface area contributed by atoms with Gasteiger partial charge in [0.15, 0.2) is 5.43 Å². The number of nitrogens with zero attached hydrogens (tertiary/aromatic N) is 1. The summed E-state index contributed by atoms with van der Waals surface area (Å²) in [7, 11) is 1.75. The predicted molar refractivity (Wildman–Crippen MR) is 127 cm³/mol. The fourth-order valence-electron chi connectivity index (χ4n) is 3.47. The summed E-state index contributed by atoms with van der Waals surface area (Å²) in [5, 5.41) is 12.3. The van der Waals surface area contributed by atoms with E-state index in [2.05, 4.69) is 10.3 Å². The lowest BCUT2D eigenvalue weighted by Crippen LogP contribution is -2.06. The lowest BCUT2D eigenvalue weighted by Gasteiger charge is -2.05. The van der Waals surface area contributed by atoms with Gasteiger partial charge in [0.1, 0.15) is 6.61 Å². The van der Waals surface area contributed by atoms with E-state index < -0.39 is 5.97 Å². The molecule has 0 atom stereocenters. The molecule has 6 heteroatoms. The second kappa shape index (κ2) is 9.22. The van der Waals surface area contributed by atoms with Crippen LogP contribution in [-0.2, 0) is 11.3 Å². The fraction of sp³-hybridized carbons (Fsp3) is 0.0769. The van der Waals surface area contributed by atoms with E-state index in [0.29, 0.717) is 33.0 Å². The van der Waals surface area contributed by atoms with Gasteiger partial charge in [0.2, 0.25) is 0 Å². The Morgan fingerprint density at radius 2 is 1.81 bits per heavy atom. The van der Waals surface area contributed by atoms with Gasteiger partial charge in [0, 0.05) is 47.6 Å². The summed E-state index contributed by atoms with van der Waals surface area (Å²) >= 11 is 0. The number of carbonyl (C=O) groups excluding carboxylic acids is 1. The van der Waals surface area contributed by atoms with Crippen molar-refractivity contribution in [1.82, 2.24) is 10.3 Å². The van der Waals surface area contributed by atoms with Crippen LogP contribution >= 0.6 is 0 Å². The van der Waals surface area contributed by atoms with Crippen LogP contribution in [0.4, 0.5) is 0 Å². The van der Waals surface area contributed by atoms with Crippen molar-refractivity contribution in [3.05, 3.63) is 106 Å². The van der Waals surface area contributed by atoms with Crippen molar-refractivity contribution >= 4 is 39.4 Å². The highest BCUT2D eigenvalue weighted by Crippen LogP contribution is 2.19. The molecule has 0 saturated heterocycles. The average Bonchev–Trinajstić information content (AvgIpc) is 2.97. The van der Waals surface area contributed by atoms with Crippen molar-refractivity contribution in [2.45, 2.75) is 6.61 Å². The maximum atomic E-state index is 13.4. The van der Waals surface area contributed by atoms with Crippen LogP contribution in [0.15, 0.2) is 83.9 Å². The minimum absolute atomic E-state index is 0.0615. The maximum Gasteiger partial charge on any atom is 0.338 e. The summed E-state index contributed by atoms with van der Waals surface area (Å²) in [6.07, 6.45) is 4.54. The number of esters is 1. The molecule has 2 N–H and O–H groups in total. The van der Waals surface area contributed by atoms with Crippen LogP contribution in [0.1, 0.15) is 21.5 Å². The Morgan fingerprint density at radius 1 is 1.03 bits per heavy atom. The Morgan fingerprint density at radius 3 is 2.56 bits per heavy atom. The highest BCUT2D eigenvalue weighted by molar-refractivity contribution is 6.09. The molecule has 1 heterocycles. The smallest absolute Gasteiger partial charge is 0.338 e. The molecule has 4 rings (SSSR count). The van der Waals surface area contributed by atoms with Crippen LogP contribution in [0.3, 0.4) is 0 Å². The van der Waals surface area contributed by atoms with Gasteiger partial charge >= 0.3 is 5.97 Å². The number of hydrogen-bond acceptors (Lipinski definition) is 6. The minimum atomic E-state index is -0.415. The van der Waals surface area contributed by atoms with Crippen LogP contribution in [0.25, 0.3) is 27.2 Å². The normalized spacial score (nSPS) is 11.3. The van der Waals surface area contributed by atoms with E-state index in [1.807, 2.05) is 30.3 Å². The average molecular weight is 423 g/mol. The van der Waals surface area contributed by atoms with Gasteiger partial charge in [-0.15, -0.1) is 0 Å². The third-order valence-electron chi connectivity index (χ3n) is 5.11. The van der Waals surface area contributed by atoms with Crippen molar-refractivity contribution in [3.8, 4) is 0 Å². The highest BCUT2D eigenvalue weighted by atomic mass is 16.5. The summed E-state index contributed by atoms with van der Waals surface area (Å²) in [5.41, 5.74) is 2.89.